The molecule has 1 spiro atoms. The van der Waals surface area contributed by atoms with Gasteiger partial charge in [0.15, 0.2) is 0 Å². The number of carboxylic acids is 1. The Morgan fingerprint density at radius 2 is 1.78 bits per heavy atom. The Morgan fingerprint density at radius 1 is 1.14 bits per heavy atom. The Bertz CT molecular complexity index is 1180. The zero-order chi connectivity index (χ0) is 27.0. The quantitative estimate of drug-likeness (QED) is 0.567. The van der Waals surface area contributed by atoms with Crippen molar-refractivity contribution in [3.63, 3.8) is 0 Å². The molecule has 2 saturated heterocycles. The number of benzene rings is 2. The number of hydrogen-bond acceptors (Lipinski definition) is 4. The van der Waals surface area contributed by atoms with Crippen molar-refractivity contribution in [3.05, 3.63) is 71.0 Å². The first-order valence-corrected chi connectivity index (χ1v) is 12.0. The van der Waals surface area contributed by atoms with Gasteiger partial charge in [-0.3, -0.25) is 14.9 Å². The van der Waals surface area contributed by atoms with E-state index in [0.29, 0.717) is 24.6 Å². The summed E-state index contributed by atoms with van der Waals surface area (Å²) in [6.07, 6.45) is -4.14. The number of piperidine rings is 1. The number of rotatable bonds is 6. The van der Waals surface area contributed by atoms with Gasteiger partial charge in [0.25, 0.3) is 5.91 Å². The van der Waals surface area contributed by atoms with Gasteiger partial charge in [0, 0.05) is 25.9 Å². The van der Waals surface area contributed by atoms with Crippen molar-refractivity contribution in [2.75, 3.05) is 13.1 Å². The largest absolute Gasteiger partial charge is 0.480 e. The molecule has 0 aromatic heterocycles. The summed E-state index contributed by atoms with van der Waals surface area (Å²) in [4.78, 5) is 41.1. The van der Waals surface area contributed by atoms with E-state index in [4.69, 9.17) is 0 Å². The molecule has 2 aromatic carbocycles. The lowest BCUT2D eigenvalue weighted by atomic mass is 9.93. The molecule has 198 valence electrons. The Hall–Kier alpha value is -3.47. The molecule has 2 aliphatic rings. The maximum atomic E-state index is 13.8. The summed E-state index contributed by atoms with van der Waals surface area (Å²) in [5.41, 5.74) is -2.21. The Morgan fingerprint density at radius 3 is 2.35 bits per heavy atom. The van der Waals surface area contributed by atoms with Gasteiger partial charge in [0.1, 0.15) is 11.9 Å². The van der Waals surface area contributed by atoms with Crippen molar-refractivity contribution >= 4 is 17.8 Å². The SMILES string of the molecule is CCC(C(=O)O)N1C(=O)C(Cc2ccccc2)NC12CCN(C(=O)c1cc(F)ccc1C(F)(F)F)CC2. The Kier molecular flexibility index (Phi) is 7.27. The summed E-state index contributed by atoms with van der Waals surface area (Å²) < 4.78 is 54.2. The van der Waals surface area contributed by atoms with Gasteiger partial charge in [0.2, 0.25) is 5.91 Å². The highest BCUT2D eigenvalue weighted by Crippen LogP contribution is 2.38. The predicted octanol–water partition coefficient (Wildman–Crippen LogP) is 3.68. The van der Waals surface area contributed by atoms with E-state index in [-0.39, 0.29) is 38.3 Å². The summed E-state index contributed by atoms with van der Waals surface area (Å²) in [7, 11) is 0. The van der Waals surface area contributed by atoms with Gasteiger partial charge in [-0.25, -0.2) is 9.18 Å². The number of carboxylic acid groups (broad SMARTS) is 1. The second kappa shape index (κ2) is 10.1. The highest BCUT2D eigenvalue weighted by Gasteiger charge is 2.55. The smallest absolute Gasteiger partial charge is 0.417 e. The number of carbonyl (C=O) groups is 3. The molecule has 2 amide bonds. The molecule has 11 heteroatoms. The molecule has 0 saturated carbocycles. The lowest BCUT2D eigenvalue weighted by Gasteiger charge is -2.46. The summed E-state index contributed by atoms with van der Waals surface area (Å²) >= 11 is 0. The van der Waals surface area contributed by atoms with E-state index in [1.807, 2.05) is 30.3 Å². The monoisotopic (exact) mass is 521 g/mol. The second-order valence-electron chi connectivity index (χ2n) is 9.37. The zero-order valence-electron chi connectivity index (χ0n) is 20.1. The summed E-state index contributed by atoms with van der Waals surface area (Å²) in [5.74, 6) is -3.47. The van der Waals surface area contributed by atoms with Gasteiger partial charge < -0.3 is 14.9 Å². The number of amides is 2. The average molecular weight is 522 g/mol. The first-order chi connectivity index (χ1) is 17.5. The highest BCUT2D eigenvalue weighted by molar-refractivity contribution is 5.96. The molecule has 2 N–H and O–H groups in total. The van der Waals surface area contributed by atoms with Crippen LogP contribution in [0.3, 0.4) is 0 Å². The van der Waals surface area contributed by atoms with Crippen LogP contribution >= 0.6 is 0 Å². The standard InChI is InChI=1S/C26H27F4N3O4/c1-2-21(24(36)37)33-23(35)20(14-16-6-4-3-5-7-16)31-25(33)10-12-32(13-11-25)22(34)18-15-17(27)8-9-19(18)26(28,29)30/h3-9,15,20-21,31H,2,10-14H2,1H3,(H,36,37). The van der Waals surface area contributed by atoms with Crippen LogP contribution in [0.4, 0.5) is 17.6 Å². The molecule has 4 rings (SSSR count). The Labute approximate surface area is 211 Å². The van der Waals surface area contributed by atoms with Crippen molar-refractivity contribution in [1.82, 2.24) is 15.1 Å². The van der Waals surface area contributed by atoms with Gasteiger partial charge in [0.05, 0.1) is 22.8 Å². The van der Waals surface area contributed by atoms with Gasteiger partial charge >= 0.3 is 12.1 Å². The van der Waals surface area contributed by atoms with Gasteiger partial charge in [-0.1, -0.05) is 37.3 Å². The third-order valence-electron chi connectivity index (χ3n) is 7.10. The molecule has 0 radical (unpaired) electrons. The maximum Gasteiger partial charge on any atom is 0.417 e. The number of nitrogens with one attached hydrogen (secondary N) is 1. The fourth-order valence-electron chi connectivity index (χ4n) is 5.32. The molecule has 2 heterocycles. The topological polar surface area (TPSA) is 89.9 Å². The third kappa shape index (κ3) is 5.18. The van der Waals surface area contributed by atoms with Crippen LogP contribution in [-0.4, -0.2) is 63.5 Å². The van der Waals surface area contributed by atoms with Crippen LogP contribution in [0.25, 0.3) is 0 Å². The van der Waals surface area contributed by atoms with Crippen LogP contribution in [0.2, 0.25) is 0 Å². The minimum absolute atomic E-state index is 0.0441. The summed E-state index contributed by atoms with van der Waals surface area (Å²) in [6.45, 7) is 1.57. The highest BCUT2D eigenvalue weighted by atomic mass is 19.4. The summed E-state index contributed by atoms with van der Waals surface area (Å²) in [5, 5.41) is 13.1. The van der Waals surface area contributed by atoms with E-state index in [1.54, 1.807) is 6.92 Å². The maximum absolute atomic E-state index is 13.8. The molecule has 2 fully saturated rings. The van der Waals surface area contributed by atoms with Gasteiger partial charge in [-0.2, -0.15) is 13.2 Å². The van der Waals surface area contributed by atoms with E-state index >= 15 is 0 Å². The normalized spacial score (nSPS) is 20.4. The minimum Gasteiger partial charge on any atom is -0.480 e. The fourth-order valence-corrected chi connectivity index (χ4v) is 5.32. The van der Waals surface area contributed by atoms with Crippen LogP contribution in [0.15, 0.2) is 48.5 Å². The van der Waals surface area contributed by atoms with E-state index in [2.05, 4.69) is 5.32 Å². The molecule has 2 aliphatic heterocycles. The number of halogens is 4. The van der Waals surface area contributed by atoms with E-state index < -0.39 is 52.7 Å². The van der Waals surface area contributed by atoms with Crippen molar-refractivity contribution in [2.45, 2.75) is 56.5 Å². The van der Waals surface area contributed by atoms with E-state index in [1.165, 1.54) is 9.80 Å². The third-order valence-corrected chi connectivity index (χ3v) is 7.10. The lowest BCUT2D eigenvalue weighted by molar-refractivity contribution is -0.154. The van der Waals surface area contributed by atoms with Crippen LogP contribution in [0, 0.1) is 5.82 Å². The first kappa shape index (κ1) is 26.6. The molecule has 2 atom stereocenters. The number of hydrogen-bond donors (Lipinski definition) is 2. The first-order valence-electron chi connectivity index (χ1n) is 12.0. The van der Waals surface area contributed by atoms with Crippen molar-refractivity contribution in [2.24, 2.45) is 0 Å². The van der Waals surface area contributed by atoms with Gasteiger partial charge in [-0.05, 0) is 36.6 Å². The minimum atomic E-state index is -4.84. The van der Waals surface area contributed by atoms with E-state index in [0.717, 1.165) is 5.56 Å². The van der Waals surface area contributed by atoms with Crippen LogP contribution in [0.1, 0.15) is 47.7 Å². The van der Waals surface area contributed by atoms with Gasteiger partial charge in [-0.15, -0.1) is 0 Å². The molecule has 2 unspecified atom stereocenters. The van der Waals surface area contributed by atoms with Crippen LogP contribution < -0.4 is 5.32 Å². The Balaban J connectivity index is 1.59. The molecule has 0 bridgehead atoms. The molecule has 37 heavy (non-hydrogen) atoms. The molecule has 0 aliphatic carbocycles. The molecular weight excluding hydrogens is 494 g/mol. The molecule has 2 aromatic rings. The number of carbonyl (C=O) groups excluding carboxylic acids is 2. The lowest BCUT2D eigenvalue weighted by Crippen LogP contribution is -2.63. The fraction of sp³-hybridized carbons (Fsp3) is 0.423. The van der Waals surface area contributed by atoms with E-state index in [9.17, 15) is 37.1 Å². The number of aliphatic carboxylic acids is 1. The van der Waals surface area contributed by atoms with Crippen LogP contribution in [0.5, 0.6) is 0 Å². The van der Waals surface area contributed by atoms with Crippen molar-refractivity contribution in [1.29, 1.82) is 0 Å². The van der Waals surface area contributed by atoms with Crippen LogP contribution in [-0.2, 0) is 22.2 Å². The number of alkyl halides is 3. The average Bonchev–Trinajstić information content (AvgIpc) is 3.10. The molecule has 7 nitrogen and oxygen atoms in total. The molecular formula is C26H27F4N3O4. The van der Waals surface area contributed by atoms with Crippen molar-refractivity contribution < 1.29 is 37.1 Å². The predicted molar refractivity (Wildman–Crippen MR) is 125 cm³/mol. The zero-order valence-corrected chi connectivity index (χ0v) is 20.1. The number of nitrogens with zero attached hydrogens (tertiary/aromatic N) is 2. The summed E-state index contributed by atoms with van der Waals surface area (Å²) in [6, 6.07) is 9.19. The van der Waals surface area contributed by atoms with Crippen molar-refractivity contribution in [3.8, 4) is 0 Å². The second-order valence-corrected chi connectivity index (χ2v) is 9.37. The number of likely N-dealkylation sites (tertiary alicyclic amines) is 1.